The first kappa shape index (κ1) is 14.6. The van der Waals surface area contributed by atoms with Gasteiger partial charge in [0.1, 0.15) is 5.69 Å². The molecular weight excluding hydrogens is 276 g/mol. The molecule has 0 aliphatic rings. The van der Waals surface area contributed by atoms with E-state index in [1.54, 1.807) is 31.0 Å². The number of nitrogens with zero attached hydrogens (tertiary/aromatic N) is 1. The summed E-state index contributed by atoms with van der Waals surface area (Å²) in [5, 5.41) is 3.43. The molecule has 0 spiro atoms. The topological polar surface area (TPSA) is 43.3 Å². The molecule has 1 N–H and O–H groups in total. The SMILES string of the molecule is COCc1ccc(CNC(=O)c2cc(Cl)cn2C)cc1. The van der Waals surface area contributed by atoms with Crippen molar-refractivity contribution in [2.45, 2.75) is 13.2 Å². The molecule has 1 aromatic heterocycles. The second kappa shape index (κ2) is 6.59. The molecule has 2 rings (SSSR count). The monoisotopic (exact) mass is 292 g/mol. The average molecular weight is 293 g/mol. The van der Waals surface area contributed by atoms with Crippen LogP contribution in [-0.4, -0.2) is 17.6 Å². The number of amides is 1. The molecule has 0 aliphatic carbocycles. The van der Waals surface area contributed by atoms with E-state index < -0.39 is 0 Å². The van der Waals surface area contributed by atoms with Gasteiger partial charge in [0.25, 0.3) is 5.91 Å². The van der Waals surface area contributed by atoms with Crippen LogP contribution in [0.5, 0.6) is 0 Å². The van der Waals surface area contributed by atoms with Crippen LogP contribution in [0, 0.1) is 0 Å². The number of halogens is 1. The van der Waals surface area contributed by atoms with Crippen LogP contribution in [-0.2, 0) is 24.9 Å². The number of carbonyl (C=O) groups excluding carboxylic acids is 1. The van der Waals surface area contributed by atoms with Gasteiger partial charge in [0.2, 0.25) is 0 Å². The number of hydrogen-bond acceptors (Lipinski definition) is 2. The molecule has 0 saturated heterocycles. The van der Waals surface area contributed by atoms with Crippen molar-refractivity contribution in [2.75, 3.05) is 7.11 Å². The second-order valence-electron chi connectivity index (χ2n) is 4.59. The molecule has 0 fully saturated rings. The first-order valence-electron chi connectivity index (χ1n) is 6.27. The third kappa shape index (κ3) is 3.62. The Bertz CT molecular complexity index is 590. The van der Waals surface area contributed by atoms with E-state index in [2.05, 4.69) is 5.32 Å². The van der Waals surface area contributed by atoms with Crippen molar-refractivity contribution in [2.24, 2.45) is 7.05 Å². The Balaban J connectivity index is 1.94. The second-order valence-corrected chi connectivity index (χ2v) is 5.02. The summed E-state index contributed by atoms with van der Waals surface area (Å²) >= 11 is 5.86. The van der Waals surface area contributed by atoms with Crippen molar-refractivity contribution in [3.05, 3.63) is 58.4 Å². The molecule has 0 unspecified atom stereocenters. The Morgan fingerprint density at radius 3 is 2.50 bits per heavy atom. The highest BCUT2D eigenvalue weighted by Gasteiger charge is 2.10. The first-order chi connectivity index (χ1) is 9.60. The van der Waals surface area contributed by atoms with E-state index >= 15 is 0 Å². The molecule has 2 aromatic rings. The lowest BCUT2D eigenvalue weighted by Crippen LogP contribution is -2.24. The molecule has 4 nitrogen and oxygen atoms in total. The fourth-order valence-corrected chi connectivity index (χ4v) is 2.19. The Hall–Kier alpha value is -1.78. The predicted octanol–water partition coefficient (Wildman–Crippen LogP) is 2.75. The van der Waals surface area contributed by atoms with E-state index in [0.29, 0.717) is 23.9 Å². The van der Waals surface area contributed by atoms with Gasteiger partial charge in [-0.25, -0.2) is 0 Å². The maximum Gasteiger partial charge on any atom is 0.268 e. The van der Waals surface area contributed by atoms with E-state index in [9.17, 15) is 4.79 Å². The maximum atomic E-state index is 12.0. The van der Waals surface area contributed by atoms with Crippen LogP contribution >= 0.6 is 11.6 Å². The van der Waals surface area contributed by atoms with E-state index in [1.165, 1.54) is 0 Å². The molecule has 0 aliphatic heterocycles. The lowest BCUT2D eigenvalue weighted by molar-refractivity contribution is 0.0943. The van der Waals surface area contributed by atoms with Gasteiger partial charge in [0, 0.05) is 26.9 Å². The molecule has 5 heteroatoms. The molecule has 20 heavy (non-hydrogen) atoms. The summed E-state index contributed by atoms with van der Waals surface area (Å²) in [4.78, 5) is 12.0. The Labute approximate surface area is 123 Å². The number of aromatic nitrogens is 1. The molecule has 1 aromatic carbocycles. The Morgan fingerprint density at radius 2 is 1.95 bits per heavy atom. The lowest BCUT2D eigenvalue weighted by atomic mass is 10.1. The van der Waals surface area contributed by atoms with Crippen LogP contribution in [0.15, 0.2) is 36.5 Å². The fraction of sp³-hybridized carbons (Fsp3) is 0.267. The zero-order valence-electron chi connectivity index (χ0n) is 11.5. The van der Waals surface area contributed by atoms with Gasteiger partial charge in [0.15, 0.2) is 0 Å². The number of hydrogen-bond donors (Lipinski definition) is 1. The number of nitrogens with one attached hydrogen (secondary N) is 1. The fourth-order valence-electron chi connectivity index (χ4n) is 1.94. The normalized spacial score (nSPS) is 10.6. The number of benzene rings is 1. The third-order valence-electron chi connectivity index (χ3n) is 2.99. The molecule has 1 heterocycles. The highest BCUT2D eigenvalue weighted by atomic mass is 35.5. The van der Waals surface area contributed by atoms with Gasteiger partial charge < -0.3 is 14.6 Å². The quantitative estimate of drug-likeness (QED) is 0.921. The predicted molar refractivity (Wildman–Crippen MR) is 78.7 cm³/mol. The minimum absolute atomic E-state index is 0.139. The van der Waals surface area contributed by atoms with E-state index in [1.807, 2.05) is 24.3 Å². The van der Waals surface area contributed by atoms with Crippen molar-refractivity contribution in [3.8, 4) is 0 Å². The number of carbonyl (C=O) groups is 1. The van der Waals surface area contributed by atoms with Gasteiger partial charge in [-0.3, -0.25) is 4.79 Å². The molecule has 1 amide bonds. The number of methoxy groups -OCH3 is 1. The summed E-state index contributed by atoms with van der Waals surface area (Å²) in [6, 6.07) is 9.59. The van der Waals surface area contributed by atoms with Crippen LogP contribution in [0.2, 0.25) is 5.02 Å². The standard InChI is InChI=1S/C15H17ClN2O2/c1-18-9-13(16)7-14(18)15(19)17-8-11-3-5-12(6-4-11)10-20-2/h3-7,9H,8,10H2,1-2H3,(H,17,19). The summed E-state index contributed by atoms with van der Waals surface area (Å²) in [5.41, 5.74) is 2.70. The molecule has 0 saturated carbocycles. The molecule has 106 valence electrons. The van der Waals surface area contributed by atoms with Crippen LogP contribution < -0.4 is 5.32 Å². The number of rotatable bonds is 5. The van der Waals surface area contributed by atoms with Crippen LogP contribution in [0.25, 0.3) is 0 Å². The van der Waals surface area contributed by atoms with Gasteiger partial charge >= 0.3 is 0 Å². The van der Waals surface area contributed by atoms with Gasteiger partial charge in [-0.05, 0) is 17.2 Å². The first-order valence-corrected chi connectivity index (χ1v) is 6.65. The molecule has 0 bridgehead atoms. The van der Waals surface area contributed by atoms with Gasteiger partial charge in [-0.2, -0.15) is 0 Å². The lowest BCUT2D eigenvalue weighted by Gasteiger charge is -2.07. The summed E-state index contributed by atoms with van der Waals surface area (Å²) in [6.07, 6.45) is 1.70. The van der Waals surface area contributed by atoms with Gasteiger partial charge in [-0.15, -0.1) is 0 Å². The minimum Gasteiger partial charge on any atom is -0.380 e. The zero-order chi connectivity index (χ0) is 14.5. The average Bonchev–Trinajstić information content (AvgIpc) is 2.77. The summed E-state index contributed by atoms with van der Waals surface area (Å²) in [6.45, 7) is 1.07. The van der Waals surface area contributed by atoms with Crippen molar-refractivity contribution < 1.29 is 9.53 Å². The van der Waals surface area contributed by atoms with E-state index in [0.717, 1.165) is 11.1 Å². The van der Waals surface area contributed by atoms with Gasteiger partial charge in [0.05, 0.1) is 11.6 Å². The van der Waals surface area contributed by atoms with Gasteiger partial charge in [-0.1, -0.05) is 35.9 Å². The summed E-state index contributed by atoms with van der Waals surface area (Å²) in [7, 11) is 3.46. The summed E-state index contributed by atoms with van der Waals surface area (Å²) < 4.78 is 6.76. The van der Waals surface area contributed by atoms with Crippen LogP contribution in [0.4, 0.5) is 0 Å². The smallest absolute Gasteiger partial charge is 0.268 e. The van der Waals surface area contributed by atoms with Crippen molar-refractivity contribution in [1.29, 1.82) is 0 Å². The molecule has 0 radical (unpaired) electrons. The number of ether oxygens (including phenoxy) is 1. The van der Waals surface area contributed by atoms with Crippen molar-refractivity contribution in [3.63, 3.8) is 0 Å². The molecular formula is C15H17ClN2O2. The minimum atomic E-state index is -0.139. The Kier molecular flexibility index (Phi) is 4.82. The van der Waals surface area contributed by atoms with Crippen molar-refractivity contribution >= 4 is 17.5 Å². The largest absolute Gasteiger partial charge is 0.380 e. The van der Waals surface area contributed by atoms with Crippen LogP contribution in [0.3, 0.4) is 0 Å². The number of aryl methyl sites for hydroxylation is 1. The highest BCUT2D eigenvalue weighted by Crippen LogP contribution is 2.13. The van der Waals surface area contributed by atoms with E-state index in [4.69, 9.17) is 16.3 Å². The van der Waals surface area contributed by atoms with E-state index in [-0.39, 0.29) is 5.91 Å². The third-order valence-corrected chi connectivity index (χ3v) is 3.20. The summed E-state index contributed by atoms with van der Waals surface area (Å²) in [5.74, 6) is -0.139. The maximum absolute atomic E-state index is 12.0. The zero-order valence-corrected chi connectivity index (χ0v) is 12.3. The van der Waals surface area contributed by atoms with Crippen molar-refractivity contribution in [1.82, 2.24) is 9.88 Å². The molecule has 0 atom stereocenters. The van der Waals surface area contributed by atoms with Crippen LogP contribution in [0.1, 0.15) is 21.6 Å². The Morgan fingerprint density at radius 1 is 1.30 bits per heavy atom. The highest BCUT2D eigenvalue weighted by molar-refractivity contribution is 6.31.